The van der Waals surface area contributed by atoms with Crippen LogP contribution < -0.4 is 16.0 Å². The molecule has 0 bridgehead atoms. The van der Waals surface area contributed by atoms with Gasteiger partial charge in [0.15, 0.2) is 5.82 Å². The van der Waals surface area contributed by atoms with Crippen LogP contribution in [0.5, 0.6) is 0 Å². The maximum atomic E-state index is 12.8. The molecule has 0 saturated carbocycles. The van der Waals surface area contributed by atoms with E-state index in [0.29, 0.717) is 29.1 Å². The molecule has 1 aliphatic heterocycles. The number of aromatic amines is 1. The fourth-order valence-electron chi connectivity index (χ4n) is 5.17. The Hall–Kier alpha value is -5.08. The average Bonchev–Trinajstić information content (AvgIpc) is 3.78. The number of nitrogens with one attached hydrogen (secondary N) is 4. The molecule has 1 amide bonds. The van der Waals surface area contributed by atoms with Crippen LogP contribution >= 0.6 is 0 Å². The Morgan fingerprint density at radius 1 is 1.00 bits per heavy atom. The van der Waals surface area contributed by atoms with Gasteiger partial charge in [-0.25, -0.2) is 4.98 Å². The van der Waals surface area contributed by atoms with E-state index in [4.69, 9.17) is 14.7 Å². The molecule has 6 rings (SSSR count). The molecule has 5 heterocycles. The predicted octanol–water partition coefficient (Wildman–Crippen LogP) is 4.40. The molecule has 0 unspecified atom stereocenters. The number of nitrogens with zero attached hydrogens (tertiary/aromatic N) is 8. The molecule has 5 aromatic rings. The summed E-state index contributed by atoms with van der Waals surface area (Å²) in [6.07, 6.45) is 4.06. The largest absolute Gasteiger partial charge is 0.379 e. The molecule has 0 radical (unpaired) electrons. The zero-order chi connectivity index (χ0) is 33.0. The molecule has 1 fully saturated rings. The SMILES string of the molecule is Cc1cc(Nc2cc(-c3cnn(CCN4CCOCC4)c3)nc(Nc3ccc(CC(=O)Nc4cc(C(C)(C)C)nn4C)cc3)n2)n[nH]1. The number of rotatable bonds is 11. The normalized spacial score (nSPS) is 13.9. The molecular weight excluding hydrogens is 596 g/mol. The van der Waals surface area contributed by atoms with Gasteiger partial charge >= 0.3 is 0 Å². The van der Waals surface area contributed by atoms with Gasteiger partial charge in [-0.15, -0.1) is 0 Å². The van der Waals surface area contributed by atoms with Crippen LogP contribution in [0.4, 0.5) is 29.1 Å². The van der Waals surface area contributed by atoms with Crippen molar-refractivity contribution in [2.75, 3.05) is 48.8 Å². The third-order valence-corrected chi connectivity index (χ3v) is 7.86. The Morgan fingerprint density at radius 3 is 2.49 bits per heavy atom. The number of aryl methyl sites for hydroxylation is 2. The Bertz CT molecular complexity index is 1810. The highest BCUT2D eigenvalue weighted by molar-refractivity contribution is 5.91. The predicted molar refractivity (Wildman–Crippen MR) is 181 cm³/mol. The van der Waals surface area contributed by atoms with Gasteiger partial charge in [0.2, 0.25) is 11.9 Å². The average molecular weight is 639 g/mol. The van der Waals surface area contributed by atoms with Crippen LogP contribution in [0.1, 0.15) is 37.7 Å². The van der Waals surface area contributed by atoms with E-state index in [2.05, 4.69) is 62.0 Å². The highest BCUT2D eigenvalue weighted by Crippen LogP contribution is 2.26. The van der Waals surface area contributed by atoms with Crippen molar-refractivity contribution < 1.29 is 9.53 Å². The van der Waals surface area contributed by atoms with E-state index in [-0.39, 0.29) is 17.7 Å². The maximum absolute atomic E-state index is 12.8. The molecule has 14 nitrogen and oxygen atoms in total. The first-order valence-corrected chi connectivity index (χ1v) is 15.8. The summed E-state index contributed by atoms with van der Waals surface area (Å²) in [7, 11) is 1.83. The summed E-state index contributed by atoms with van der Waals surface area (Å²) < 4.78 is 9.10. The quantitative estimate of drug-likeness (QED) is 0.164. The third-order valence-electron chi connectivity index (χ3n) is 7.86. The maximum Gasteiger partial charge on any atom is 0.229 e. The van der Waals surface area contributed by atoms with E-state index in [1.807, 2.05) is 73.5 Å². The van der Waals surface area contributed by atoms with Crippen molar-refractivity contribution in [3.63, 3.8) is 0 Å². The van der Waals surface area contributed by atoms with Gasteiger partial charge in [0.05, 0.1) is 43.8 Å². The van der Waals surface area contributed by atoms with Crippen LogP contribution in [0.3, 0.4) is 0 Å². The summed E-state index contributed by atoms with van der Waals surface area (Å²) in [5.41, 5.74) is 5.01. The van der Waals surface area contributed by atoms with Gasteiger partial charge in [-0.1, -0.05) is 32.9 Å². The van der Waals surface area contributed by atoms with Gasteiger partial charge in [-0.3, -0.25) is 24.2 Å². The number of aromatic nitrogens is 8. The number of hydrogen-bond donors (Lipinski definition) is 4. The highest BCUT2D eigenvalue weighted by Gasteiger charge is 2.20. The minimum Gasteiger partial charge on any atom is -0.379 e. The Balaban J connectivity index is 1.14. The summed E-state index contributed by atoms with van der Waals surface area (Å²) in [6.45, 7) is 13.3. The van der Waals surface area contributed by atoms with Crippen LogP contribution in [-0.4, -0.2) is 83.4 Å². The Morgan fingerprint density at radius 2 is 1.79 bits per heavy atom. The molecule has 246 valence electrons. The van der Waals surface area contributed by atoms with E-state index < -0.39 is 0 Å². The number of anilines is 5. The standard InChI is InChI=1S/C33H42N12O2/c1-22-16-29(41-40-22)37-28-18-26(24-20-34-45(21-24)11-10-44-12-14-47-15-13-44)36-32(38-28)35-25-8-6-23(7-9-25)17-31(46)39-30-19-27(33(2,3)4)42-43(30)5/h6-9,16,18-21H,10-15,17H2,1-5H3,(H,39,46)(H3,35,36,37,38,40,41). The lowest BCUT2D eigenvalue weighted by Gasteiger charge is -2.26. The lowest BCUT2D eigenvalue weighted by Crippen LogP contribution is -2.38. The zero-order valence-electron chi connectivity index (χ0n) is 27.5. The van der Waals surface area contributed by atoms with E-state index in [0.717, 1.165) is 67.6 Å². The number of H-pyrrole nitrogens is 1. The van der Waals surface area contributed by atoms with Crippen molar-refractivity contribution in [2.45, 2.75) is 46.1 Å². The molecule has 1 aromatic carbocycles. The van der Waals surface area contributed by atoms with Crippen molar-refractivity contribution in [1.82, 2.24) is 44.6 Å². The smallest absolute Gasteiger partial charge is 0.229 e. The molecule has 0 aliphatic carbocycles. The molecule has 4 N–H and O–H groups in total. The minimum absolute atomic E-state index is 0.104. The van der Waals surface area contributed by atoms with Crippen LogP contribution in [0, 0.1) is 6.92 Å². The van der Waals surface area contributed by atoms with Crippen LogP contribution in [-0.2, 0) is 35.0 Å². The van der Waals surface area contributed by atoms with E-state index in [1.54, 1.807) is 4.68 Å². The summed E-state index contributed by atoms with van der Waals surface area (Å²) in [6, 6.07) is 13.4. The number of benzene rings is 1. The summed E-state index contributed by atoms with van der Waals surface area (Å²) in [5, 5.41) is 25.9. The van der Waals surface area contributed by atoms with Gasteiger partial charge < -0.3 is 20.7 Å². The van der Waals surface area contributed by atoms with E-state index >= 15 is 0 Å². The zero-order valence-corrected chi connectivity index (χ0v) is 27.5. The molecule has 1 saturated heterocycles. The molecule has 4 aromatic heterocycles. The number of morpholine rings is 1. The number of hydrogen-bond acceptors (Lipinski definition) is 10. The molecule has 0 atom stereocenters. The van der Waals surface area contributed by atoms with Crippen molar-refractivity contribution in [3.8, 4) is 11.3 Å². The first-order chi connectivity index (χ1) is 22.6. The second-order valence-corrected chi connectivity index (χ2v) is 12.8. The van der Waals surface area contributed by atoms with Gasteiger partial charge in [-0.05, 0) is 24.6 Å². The third kappa shape index (κ3) is 8.40. The molecule has 14 heteroatoms. The van der Waals surface area contributed by atoms with E-state index in [1.165, 1.54) is 0 Å². The molecule has 1 aliphatic rings. The molecule has 0 spiro atoms. The first-order valence-electron chi connectivity index (χ1n) is 15.8. The lowest BCUT2D eigenvalue weighted by atomic mass is 9.92. The number of ether oxygens (including phenoxy) is 1. The van der Waals surface area contributed by atoms with E-state index in [9.17, 15) is 4.79 Å². The van der Waals surface area contributed by atoms with Gasteiger partial charge in [-0.2, -0.15) is 20.3 Å². The fraction of sp³-hybridized carbons (Fsp3) is 0.394. The summed E-state index contributed by atoms with van der Waals surface area (Å²) in [4.78, 5) is 24.7. The fourth-order valence-corrected chi connectivity index (χ4v) is 5.17. The van der Waals surface area contributed by atoms with Crippen LogP contribution in [0.2, 0.25) is 0 Å². The van der Waals surface area contributed by atoms with Crippen molar-refractivity contribution in [2.24, 2.45) is 7.05 Å². The van der Waals surface area contributed by atoms with Crippen LogP contribution in [0.25, 0.3) is 11.3 Å². The van der Waals surface area contributed by atoms with Crippen molar-refractivity contribution in [3.05, 3.63) is 71.8 Å². The summed E-state index contributed by atoms with van der Waals surface area (Å²) >= 11 is 0. The second kappa shape index (κ2) is 13.7. The van der Waals surface area contributed by atoms with Gasteiger partial charge in [0.25, 0.3) is 0 Å². The first kappa shape index (κ1) is 31.9. The summed E-state index contributed by atoms with van der Waals surface area (Å²) in [5.74, 6) is 2.22. The van der Waals surface area contributed by atoms with Crippen LogP contribution in [0.15, 0.2) is 54.9 Å². The topological polar surface area (TPSA) is 156 Å². The highest BCUT2D eigenvalue weighted by atomic mass is 16.5. The number of carbonyl (C=O) groups is 1. The minimum atomic E-state index is -0.111. The van der Waals surface area contributed by atoms with Crippen molar-refractivity contribution in [1.29, 1.82) is 0 Å². The second-order valence-electron chi connectivity index (χ2n) is 12.8. The number of carbonyl (C=O) groups excluding carboxylic acids is 1. The monoisotopic (exact) mass is 638 g/mol. The van der Waals surface area contributed by atoms with Crippen molar-refractivity contribution >= 4 is 35.0 Å². The number of amides is 1. The van der Waals surface area contributed by atoms with Gasteiger partial charge in [0, 0.05) is 73.4 Å². The molecule has 47 heavy (non-hydrogen) atoms. The Labute approximate surface area is 273 Å². The Kier molecular flexibility index (Phi) is 9.31. The van der Waals surface area contributed by atoms with Gasteiger partial charge in [0.1, 0.15) is 11.6 Å². The molecular formula is C33H42N12O2. The lowest BCUT2D eigenvalue weighted by molar-refractivity contribution is -0.115.